The quantitative estimate of drug-likeness (QED) is 0.533. The van der Waals surface area contributed by atoms with Crippen molar-refractivity contribution in [2.24, 2.45) is 0 Å². The first-order valence-electron chi connectivity index (χ1n) is 10.4. The van der Waals surface area contributed by atoms with Gasteiger partial charge in [-0.3, -0.25) is 14.5 Å². The Kier molecular flexibility index (Phi) is 5.99. The molecule has 0 spiro atoms. The smallest absolute Gasteiger partial charge is 0.255 e. The van der Waals surface area contributed by atoms with Crippen LogP contribution in [-0.2, 0) is 22.6 Å². The lowest BCUT2D eigenvalue weighted by atomic mass is 10.1. The van der Waals surface area contributed by atoms with Crippen LogP contribution in [0.1, 0.15) is 22.5 Å². The number of pyridine rings is 2. The Morgan fingerprint density at radius 2 is 2.06 bits per heavy atom. The van der Waals surface area contributed by atoms with E-state index < -0.39 is 6.04 Å². The largest absolute Gasteiger partial charge is 0.499 e. The zero-order valence-corrected chi connectivity index (χ0v) is 19.0. The highest BCUT2D eigenvalue weighted by Gasteiger charge is 2.35. The molecule has 0 fully saturated rings. The first-order chi connectivity index (χ1) is 15.8. The third-order valence-electron chi connectivity index (χ3n) is 5.60. The molecule has 33 heavy (non-hydrogen) atoms. The molecule has 0 aromatic carbocycles. The molecular formula is C23H26FN7O2. The van der Waals surface area contributed by atoms with Gasteiger partial charge in [0.05, 0.1) is 42.6 Å². The van der Waals surface area contributed by atoms with Gasteiger partial charge in [0, 0.05) is 37.6 Å². The fraction of sp³-hybridized carbons (Fsp3) is 0.304. The molecule has 9 nitrogen and oxygen atoms in total. The van der Waals surface area contributed by atoms with Crippen LogP contribution in [0.4, 0.5) is 21.6 Å². The van der Waals surface area contributed by atoms with Crippen LogP contribution >= 0.6 is 0 Å². The van der Waals surface area contributed by atoms with Crippen molar-refractivity contribution < 1.29 is 13.9 Å². The second-order valence-corrected chi connectivity index (χ2v) is 7.97. The number of methoxy groups -OCH3 is 1. The first kappa shape index (κ1) is 22.3. The highest BCUT2D eigenvalue weighted by Crippen LogP contribution is 2.36. The standard InChI is InChI=1S/C23H26FN7O2/c1-13-18(24)6-16(8-25-13)11-31-12-17(10-27-31)9-26-20-7-19-21(14(2)28-20)29-23(32)22(30(19)4)15(3)33-5/h6-8,10,12,22H,3,9,11H2,1-2,4-5H3,(H,26,28)(H,29,32)/t22-/m0/s1. The van der Waals surface area contributed by atoms with E-state index in [0.717, 1.165) is 16.8 Å². The molecule has 10 heteroatoms. The van der Waals surface area contributed by atoms with Crippen molar-refractivity contribution >= 4 is 23.1 Å². The zero-order chi connectivity index (χ0) is 23.7. The highest BCUT2D eigenvalue weighted by molar-refractivity contribution is 6.05. The monoisotopic (exact) mass is 451 g/mol. The number of amides is 1. The number of aromatic nitrogens is 4. The minimum absolute atomic E-state index is 0.210. The van der Waals surface area contributed by atoms with E-state index in [2.05, 4.69) is 32.3 Å². The van der Waals surface area contributed by atoms with Gasteiger partial charge >= 0.3 is 0 Å². The molecule has 0 radical (unpaired) electrons. The summed E-state index contributed by atoms with van der Waals surface area (Å²) >= 11 is 0. The fourth-order valence-electron chi connectivity index (χ4n) is 3.76. The predicted molar refractivity (Wildman–Crippen MR) is 124 cm³/mol. The number of hydrogen-bond acceptors (Lipinski definition) is 7. The number of nitrogens with zero attached hydrogens (tertiary/aromatic N) is 5. The molecule has 4 heterocycles. The van der Waals surface area contributed by atoms with E-state index in [1.165, 1.54) is 13.2 Å². The first-order valence-corrected chi connectivity index (χ1v) is 10.4. The van der Waals surface area contributed by atoms with E-state index in [4.69, 9.17) is 4.74 Å². The van der Waals surface area contributed by atoms with Crippen LogP contribution in [0.2, 0.25) is 0 Å². The molecule has 1 atom stereocenters. The second-order valence-electron chi connectivity index (χ2n) is 7.97. The van der Waals surface area contributed by atoms with Gasteiger partial charge in [-0.15, -0.1) is 0 Å². The molecule has 1 aliphatic heterocycles. The zero-order valence-electron chi connectivity index (χ0n) is 19.0. The third-order valence-corrected chi connectivity index (χ3v) is 5.60. The number of ether oxygens (including phenoxy) is 1. The van der Waals surface area contributed by atoms with Crippen molar-refractivity contribution in [3.63, 3.8) is 0 Å². The average Bonchev–Trinajstić information content (AvgIpc) is 3.23. The summed E-state index contributed by atoms with van der Waals surface area (Å²) in [4.78, 5) is 23.0. The Labute approximate surface area is 191 Å². The van der Waals surface area contributed by atoms with Crippen LogP contribution < -0.4 is 15.5 Å². The summed E-state index contributed by atoms with van der Waals surface area (Å²) in [5.41, 5.74) is 4.24. The van der Waals surface area contributed by atoms with Crippen molar-refractivity contribution in [3.05, 3.63) is 71.4 Å². The van der Waals surface area contributed by atoms with Gasteiger partial charge in [-0.25, -0.2) is 9.37 Å². The molecule has 0 bridgehead atoms. The van der Waals surface area contributed by atoms with Gasteiger partial charge in [0.15, 0.2) is 6.04 Å². The number of aryl methyl sites for hydroxylation is 2. The van der Waals surface area contributed by atoms with E-state index in [0.29, 0.717) is 41.7 Å². The molecule has 0 saturated heterocycles. The minimum atomic E-state index is -0.628. The number of fused-ring (bicyclic) bond motifs is 1. The van der Waals surface area contributed by atoms with Crippen LogP contribution in [-0.4, -0.2) is 45.9 Å². The number of anilines is 3. The molecule has 172 valence electrons. The van der Waals surface area contributed by atoms with Crippen molar-refractivity contribution in [1.82, 2.24) is 19.7 Å². The summed E-state index contributed by atoms with van der Waals surface area (Å²) in [5, 5.41) is 10.6. The van der Waals surface area contributed by atoms with Crippen LogP contribution in [0.3, 0.4) is 0 Å². The Bertz CT molecular complexity index is 1220. The van der Waals surface area contributed by atoms with Gasteiger partial charge in [-0.05, 0) is 25.5 Å². The molecule has 2 N–H and O–H groups in total. The van der Waals surface area contributed by atoms with Gasteiger partial charge in [-0.2, -0.15) is 5.10 Å². The van der Waals surface area contributed by atoms with Crippen LogP contribution in [0.5, 0.6) is 0 Å². The number of nitrogens with one attached hydrogen (secondary N) is 2. The number of likely N-dealkylation sites (N-methyl/N-ethyl adjacent to an activating group) is 1. The van der Waals surface area contributed by atoms with E-state index in [9.17, 15) is 9.18 Å². The third kappa shape index (κ3) is 4.50. The van der Waals surface area contributed by atoms with Crippen molar-refractivity contribution in [1.29, 1.82) is 0 Å². The molecule has 0 unspecified atom stereocenters. The molecule has 0 saturated carbocycles. The molecule has 3 aromatic heterocycles. The van der Waals surface area contributed by atoms with Gasteiger partial charge in [0.25, 0.3) is 5.91 Å². The summed E-state index contributed by atoms with van der Waals surface area (Å²) in [7, 11) is 3.32. The Morgan fingerprint density at radius 1 is 1.27 bits per heavy atom. The fourth-order valence-corrected chi connectivity index (χ4v) is 3.76. The normalized spacial score (nSPS) is 15.1. The van der Waals surface area contributed by atoms with Crippen molar-refractivity contribution in [3.8, 4) is 0 Å². The molecule has 1 aliphatic rings. The lowest BCUT2D eigenvalue weighted by Crippen LogP contribution is -2.47. The summed E-state index contributed by atoms with van der Waals surface area (Å²) in [6.45, 7) is 8.24. The number of carbonyl (C=O) groups is 1. The number of hydrogen-bond donors (Lipinski definition) is 2. The number of halogens is 1. The maximum absolute atomic E-state index is 13.7. The summed E-state index contributed by atoms with van der Waals surface area (Å²) in [6, 6.07) is 2.72. The van der Waals surface area contributed by atoms with E-state index in [1.807, 2.05) is 31.1 Å². The lowest BCUT2D eigenvalue weighted by Gasteiger charge is -2.36. The Balaban J connectivity index is 1.47. The van der Waals surface area contributed by atoms with Crippen LogP contribution in [0.25, 0.3) is 0 Å². The minimum Gasteiger partial charge on any atom is -0.499 e. The summed E-state index contributed by atoms with van der Waals surface area (Å²) in [6.07, 6.45) is 5.29. The van der Waals surface area contributed by atoms with Crippen LogP contribution in [0, 0.1) is 19.7 Å². The maximum Gasteiger partial charge on any atom is 0.255 e. The predicted octanol–water partition coefficient (Wildman–Crippen LogP) is 3.01. The number of carbonyl (C=O) groups excluding carboxylic acids is 1. The Hall–Kier alpha value is -3.95. The molecule has 4 rings (SSSR count). The SMILES string of the molecule is C=C(OC)[C@H]1C(=O)Nc2c(cc(NCc3cnn(Cc4cnc(C)c(F)c4)c3)nc2C)N1C. The lowest BCUT2D eigenvalue weighted by molar-refractivity contribution is -0.117. The molecule has 1 amide bonds. The number of rotatable bonds is 7. The van der Waals surface area contributed by atoms with Gasteiger partial charge in [0.1, 0.15) is 17.4 Å². The van der Waals surface area contributed by atoms with E-state index in [1.54, 1.807) is 24.0 Å². The van der Waals surface area contributed by atoms with E-state index >= 15 is 0 Å². The highest BCUT2D eigenvalue weighted by atomic mass is 19.1. The van der Waals surface area contributed by atoms with Gasteiger partial charge in [0.2, 0.25) is 0 Å². The van der Waals surface area contributed by atoms with Crippen molar-refractivity contribution in [2.75, 3.05) is 29.7 Å². The topological polar surface area (TPSA) is 97.2 Å². The van der Waals surface area contributed by atoms with Gasteiger partial charge in [-0.1, -0.05) is 6.58 Å². The molecule has 3 aromatic rings. The van der Waals surface area contributed by atoms with Gasteiger partial charge < -0.3 is 20.3 Å². The van der Waals surface area contributed by atoms with Crippen molar-refractivity contribution in [2.45, 2.75) is 33.0 Å². The maximum atomic E-state index is 13.7. The summed E-state index contributed by atoms with van der Waals surface area (Å²) < 4.78 is 20.7. The second kappa shape index (κ2) is 8.89. The summed E-state index contributed by atoms with van der Waals surface area (Å²) in [5.74, 6) is 0.487. The molecule has 0 aliphatic carbocycles. The van der Waals surface area contributed by atoms with E-state index in [-0.39, 0.29) is 11.7 Å². The Morgan fingerprint density at radius 3 is 2.79 bits per heavy atom. The average molecular weight is 452 g/mol. The van der Waals surface area contributed by atoms with Crippen LogP contribution in [0.15, 0.2) is 43.1 Å². The molecular weight excluding hydrogens is 425 g/mol.